The Kier molecular flexibility index (Phi) is 7.48. The Balaban J connectivity index is 2.34. The molecule has 1 aromatic heterocycles. The molecule has 0 fully saturated rings. The maximum Gasteiger partial charge on any atom is 0.397 e. The summed E-state index contributed by atoms with van der Waals surface area (Å²) < 4.78 is 4.88. The van der Waals surface area contributed by atoms with E-state index in [1.165, 1.54) is 31.3 Å². The lowest BCUT2D eigenvalue weighted by Crippen LogP contribution is -2.34. The standard InChI is InChI=1S/C23H21Cl2N3O6/c1-4-34-23(33)22(32)28(12-8-14(24)19(29)15(25)9-12)17-10-16(27-21(31)11(2)3)20(30)18-13(17)6-5-7-26-18/h5-11,29-30H,4H2,1-3H3,(H,27,31)/p-1. The third-order valence-electron chi connectivity index (χ3n) is 4.76. The van der Waals surface area contributed by atoms with Crippen LogP contribution in [0.25, 0.3) is 10.9 Å². The predicted octanol–water partition coefficient (Wildman–Crippen LogP) is 4.14. The molecule has 0 saturated carbocycles. The van der Waals surface area contributed by atoms with Crippen molar-refractivity contribution in [2.24, 2.45) is 5.92 Å². The van der Waals surface area contributed by atoms with Crippen molar-refractivity contribution in [3.05, 3.63) is 46.6 Å². The average Bonchev–Trinajstić information content (AvgIpc) is 2.80. The number of ether oxygens (including phenoxy) is 1. The van der Waals surface area contributed by atoms with E-state index in [9.17, 15) is 24.6 Å². The quantitative estimate of drug-likeness (QED) is 0.303. The lowest BCUT2D eigenvalue weighted by atomic mass is 10.1. The van der Waals surface area contributed by atoms with Crippen LogP contribution in [-0.2, 0) is 19.1 Å². The summed E-state index contributed by atoms with van der Waals surface area (Å²) in [4.78, 5) is 43.1. The Labute approximate surface area is 204 Å². The van der Waals surface area contributed by atoms with Crippen LogP contribution in [0.1, 0.15) is 20.8 Å². The molecule has 0 atom stereocenters. The van der Waals surface area contributed by atoms with E-state index in [-0.39, 0.29) is 50.4 Å². The van der Waals surface area contributed by atoms with Gasteiger partial charge in [0.05, 0.1) is 23.7 Å². The number of benzene rings is 2. The number of hydrogen-bond acceptors (Lipinski definition) is 7. The molecule has 11 heteroatoms. The topological polar surface area (TPSA) is 132 Å². The second-order valence-corrected chi connectivity index (χ2v) is 8.25. The first-order chi connectivity index (χ1) is 16.1. The number of esters is 1. The number of aromatic hydroxyl groups is 1. The molecule has 178 valence electrons. The summed E-state index contributed by atoms with van der Waals surface area (Å²) >= 11 is 12.0. The largest absolute Gasteiger partial charge is 0.870 e. The van der Waals surface area contributed by atoms with Gasteiger partial charge in [-0.05, 0) is 37.3 Å². The highest BCUT2D eigenvalue weighted by Crippen LogP contribution is 2.43. The number of anilines is 3. The zero-order valence-corrected chi connectivity index (χ0v) is 19.9. The van der Waals surface area contributed by atoms with Crippen LogP contribution in [0.15, 0.2) is 36.5 Å². The molecule has 2 N–H and O–H groups in total. The van der Waals surface area contributed by atoms with Gasteiger partial charge in [0.15, 0.2) is 5.75 Å². The molecule has 0 radical (unpaired) electrons. The second kappa shape index (κ2) is 10.1. The van der Waals surface area contributed by atoms with Gasteiger partial charge in [0.25, 0.3) is 0 Å². The molecule has 3 aromatic rings. The van der Waals surface area contributed by atoms with Crippen molar-refractivity contribution in [3.8, 4) is 11.5 Å². The van der Waals surface area contributed by atoms with Gasteiger partial charge < -0.3 is 20.3 Å². The molecule has 2 amide bonds. The number of pyridine rings is 1. The first-order valence-corrected chi connectivity index (χ1v) is 10.9. The van der Waals surface area contributed by atoms with Crippen LogP contribution in [0.5, 0.6) is 11.5 Å². The minimum absolute atomic E-state index is 0.00960. The first-order valence-electron chi connectivity index (χ1n) is 10.2. The van der Waals surface area contributed by atoms with Gasteiger partial charge in [0.1, 0.15) is 5.52 Å². The summed E-state index contributed by atoms with van der Waals surface area (Å²) in [6.45, 7) is 4.80. The number of nitrogens with zero attached hydrogens (tertiary/aromatic N) is 2. The van der Waals surface area contributed by atoms with Crippen molar-refractivity contribution in [1.82, 2.24) is 4.98 Å². The van der Waals surface area contributed by atoms with Gasteiger partial charge in [-0.1, -0.05) is 42.8 Å². The van der Waals surface area contributed by atoms with E-state index in [2.05, 4.69) is 10.3 Å². The Bertz CT molecular complexity index is 1270. The number of aromatic nitrogens is 1. The summed E-state index contributed by atoms with van der Waals surface area (Å²) in [5.41, 5.74) is 0.0611. The molecular formula is C23H20Cl2N3O6-. The summed E-state index contributed by atoms with van der Waals surface area (Å²) in [7, 11) is 0. The lowest BCUT2D eigenvalue weighted by molar-refractivity contribution is -0.268. The van der Waals surface area contributed by atoms with Crippen LogP contribution < -0.4 is 15.3 Å². The fraction of sp³-hybridized carbons (Fsp3) is 0.217. The Morgan fingerprint density at radius 3 is 2.44 bits per heavy atom. The normalized spacial score (nSPS) is 10.9. The molecule has 0 saturated heterocycles. The number of amides is 2. The van der Waals surface area contributed by atoms with Crippen molar-refractivity contribution < 1.29 is 29.3 Å². The number of hydrogen-bond donors (Lipinski definition) is 2. The maximum atomic E-state index is 13.2. The number of halogens is 2. The molecule has 2 aromatic carbocycles. The summed E-state index contributed by atoms with van der Waals surface area (Å²) in [5.74, 6) is -4.10. The summed E-state index contributed by atoms with van der Waals surface area (Å²) in [6.07, 6.45) is 1.41. The van der Waals surface area contributed by atoms with Gasteiger partial charge in [-0.15, -0.1) is 0 Å². The molecule has 0 aliphatic rings. The highest BCUT2D eigenvalue weighted by molar-refractivity contribution is 6.42. The SMILES string of the molecule is CCOC(=O)C(=O)N(c1cc(Cl)c([O-])c(Cl)c1)c1cc(NC(=O)C(C)C)c(O)c2ncccc12. The van der Waals surface area contributed by atoms with Gasteiger partial charge in [0, 0.05) is 27.5 Å². The highest BCUT2D eigenvalue weighted by Gasteiger charge is 2.30. The zero-order chi connectivity index (χ0) is 25.2. The van der Waals surface area contributed by atoms with Crippen LogP contribution in [0.2, 0.25) is 10.0 Å². The zero-order valence-electron chi connectivity index (χ0n) is 18.4. The molecule has 0 aliphatic carbocycles. The molecule has 1 heterocycles. The van der Waals surface area contributed by atoms with E-state index in [1.807, 2.05) is 0 Å². The Morgan fingerprint density at radius 2 is 1.85 bits per heavy atom. The fourth-order valence-corrected chi connectivity index (χ4v) is 3.57. The molecule has 9 nitrogen and oxygen atoms in total. The third kappa shape index (κ3) is 4.85. The van der Waals surface area contributed by atoms with E-state index >= 15 is 0 Å². The molecule has 3 rings (SSSR count). The van der Waals surface area contributed by atoms with E-state index in [4.69, 9.17) is 27.9 Å². The second-order valence-electron chi connectivity index (χ2n) is 7.43. The molecule has 0 spiro atoms. The van der Waals surface area contributed by atoms with E-state index in [1.54, 1.807) is 26.0 Å². The van der Waals surface area contributed by atoms with Crippen LogP contribution >= 0.6 is 23.2 Å². The van der Waals surface area contributed by atoms with E-state index in [0.717, 1.165) is 4.90 Å². The molecule has 34 heavy (non-hydrogen) atoms. The van der Waals surface area contributed by atoms with Crippen LogP contribution in [0.4, 0.5) is 17.1 Å². The van der Waals surface area contributed by atoms with Gasteiger partial charge >= 0.3 is 11.9 Å². The van der Waals surface area contributed by atoms with Gasteiger partial charge in [-0.25, -0.2) is 4.79 Å². The highest BCUT2D eigenvalue weighted by atomic mass is 35.5. The van der Waals surface area contributed by atoms with Gasteiger partial charge in [-0.3, -0.25) is 19.5 Å². The molecule has 0 bridgehead atoms. The third-order valence-corrected chi connectivity index (χ3v) is 5.32. The van der Waals surface area contributed by atoms with Gasteiger partial charge in [-0.2, -0.15) is 0 Å². The predicted molar refractivity (Wildman–Crippen MR) is 127 cm³/mol. The van der Waals surface area contributed by atoms with Crippen molar-refractivity contribution in [2.75, 3.05) is 16.8 Å². The van der Waals surface area contributed by atoms with Crippen LogP contribution in [0.3, 0.4) is 0 Å². The van der Waals surface area contributed by atoms with Crippen molar-refractivity contribution in [3.63, 3.8) is 0 Å². The molecule has 0 aliphatic heterocycles. The lowest BCUT2D eigenvalue weighted by Gasteiger charge is -2.26. The minimum atomic E-state index is -1.18. The number of carbonyl (C=O) groups excluding carboxylic acids is 3. The van der Waals surface area contributed by atoms with Crippen molar-refractivity contribution in [1.29, 1.82) is 0 Å². The maximum absolute atomic E-state index is 13.2. The average molecular weight is 505 g/mol. The first kappa shape index (κ1) is 25.1. The van der Waals surface area contributed by atoms with E-state index < -0.39 is 29.5 Å². The number of rotatable bonds is 5. The minimum Gasteiger partial charge on any atom is -0.870 e. The van der Waals surface area contributed by atoms with Crippen LogP contribution in [0, 0.1) is 5.92 Å². The van der Waals surface area contributed by atoms with Gasteiger partial charge in [0.2, 0.25) is 5.91 Å². The van der Waals surface area contributed by atoms with E-state index in [0.29, 0.717) is 0 Å². The summed E-state index contributed by atoms with van der Waals surface area (Å²) in [5, 5.41) is 25.1. The van der Waals surface area contributed by atoms with Crippen LogP contribution in [-0.4, -0.2) is 34.5 Å². The number of phenolic OH excluding ortho intramolecular Hbond substituents is 1. The monoisotopic (exact) mass is 504 g/mol. The number of nitrogens with one attached hydrogen (secondary N) is 1. The Morgan fingerprint density at radius 1 is 1.21 bits per heavy atom. The number of phenols is 1. The molecular weight excluding hydrogens is 485 g/mol. The Hall–Kier alpha value is -3.56. The summed E-state index contributed by atoms with van der Waals surface area (Å²) in [6, 6.07) is 6.78. The van der Waals surface area contributed by atoms with Crippen molar-refractivity contribution in [2.45, 2.75) is 20.8 Å². The smallest absolute Gasteiger partial charge is 0.397 e. The number of carbonyl (C=O) groups is 3. The van der Waals surface area contributed by atoms with Crippen molar-refractivity contribution >= 4 is 69.0 Å². The fourth-order valence-electron chi connectivity index (χ4n) is 3.09. The molecule has 0 unspecified atom stereocenters. The number of fused-ring (bicyclic) bond motifs is 1.